The van der Waals surface area contributed by atoms with Crippen LogP contribution < -0.4 is 14.2 Å². The maximum Gasteiger partial charge on any atom is 0.409 e. The van der Waals surface area contributed by atoms with Gasteiger partial charge in [0.15, 0.2) is 11.5 Å². The van der Waals surface area contributed by atoms with E-state index in [0.29, 0.717) is 19.1 Å². The van der Waals surface area contributed by atoms with Crippen LogP contribution in [0.3, 0.4) is 0 Å². The molecule has 0 N–H and O–H groups in total. The van der Waals surface area contributed by atoms with Gasteiger partial charge in [-0.3, -0.25) is 0 Å². The largest absolute Gasteiger partial charge is 0.492 e. The third-order valence-electron chi connectivity index (χ3n) is 6.23. The number of para-hydroxylation sites is 1. The second kappa shape index (κ2) is 9.02. The van der Waals surface area contributed by atoms with Crippen molar-refractivity contribution < 1.29 is 23.7 Å². The summed E-state index contributed by atoms with van der Waals surface area (Å²) in [7, 11) is 0. The minimum absolute atomic E-state index is 0.200. The van der Waals surface area contributed by atoms with Gasteiger partial charge in [0, 0.05) is 36.3 Å². The Morgan fingerprint density at radius 3 is 2.75 bits per heavy atom. The summed E-state index contributed by atoms with van der Waals surface area (Å²) in [6.07, 6.45) is 3.95. The average Bonchev–Trinajstić information content (AvgIpc) is 3.44. The summed E-state index contributed by atoms with van der Waals surface area (Å²) >= 11 is 0. The van der Waals surface area contributed by atoms with E-state index in [1.54, 1.807) is 0 Å². The van der Waals surface area contributed by atoms with Crippen LogP contribution >= 0.6 is 0 Å². The van der Waals surface area contributed by atoms with Gasteiger partial charge in [0.1, 0.15) is 12.4 Å². The molecule has 2 aliphatic heterocycles. The maximum absolute atomic E-state index is 12.0. The molecule has 2 aromatic carbocycles. The Balaban J connectivity index is 1.26. The Bertz CT molecular complexity index is 1100. The molecule has 3 heterocycles. The number of fused-ring (bicyclic) bond motifs is 2. The van der Waals surface area contributed by atoms with Crippen LogP contribution in [-0.2, 0) is 11.3 Å². The lowest BCUT2D eigenvalue weighted by atomic mass is 9.89. The number of nitrogens with zero attached hydrogens (tertiary/aromatic N) is 2. The maximum atomic E-state index is 12.0. The molecule has 5 rings (SSSR count). The van der Waals surface area contributed by atoms with Crippen molar-refractivity contribution in [1.82, 2.24) is 9.47 Å². The van der Waals surface area contributed by atoms with Gasteiger partial charge in [-0.15, -0.1) is 0 Å². The first-order chi connectivity index (χ1) is 15.7. The molecule has 32 heavy (non-hydrogen) atoms. The van der Waals surface area contributed by atoms with Crippen molar-refractivity contribution >= 4 is 17.0 Å². The molecular weight excluding hydrogens is 408 g/mol. The van der Waals surface area contributed by atoms with Crippen LogP contribution in [0.1, 0.15) is 31.2 Å². The van der Waals surface area contributed by atoms with Crippen molar-refractivity contribution in [2.45, 2.75) is 32.2 Å². The van der Waals surface area contributed by atoms with E-state index in [4.69, 9.17) is 18.9 Å². The van der Waals surface area contributed by atoms with Crippen molar-refractivity contribution in [1.29, 1.82) is 0 Å². The number of likely N-dealkylation sites (tertiary alicyclic amines) is 1. The van der Waals surface area contributed by atoms with E-state index in [2.05, 4.69) is 35.0 Å². The van der Waals surface area contributed by atoms with Crippen LogP contribution in [0.15, 0.2) is 48.7 Å². The molecule has 0 saturated carbocycles. The van der Waals surface area contributed by atoms with Gasteiger partial charge >= 0.3 is 6.09 Å². The summed E-state index contributed by atoms with van der Waals surface area (Å²) < 4.78 is 24.2. The number of aromatic nitrogens is 1. The highest BCUT2D eigenvalue weighted by molar-refractivity contribution is 5.84. The summed E-state index contributed by atoms with van der Waals surface area (Å²) in [4.78, 5) is 13.8. The zero-order chi connectivity index (χ0) is 21.9. The first-order valence-corrected chi connectivity index (χ1v) is 11.2. The van der Waals surface area contributed by atoms with Crippen molar-refractivity contribution in [3.63, 3.8) is 0 Å². The van der Waals surface area contributed by atoms with Crippen molar-refractivity contribution in [2.24, 2.45) is 0 Å². The zero-order valence-electron chi connectivity index (χ0n) is 18.3. The number of benzene rings is 2. The molecule has 0 aliphatic carbocycles. The lowest BCUT2D eigenvalue weighted by Crippen LogP contribution is -2.38. The fraction of sp³-hybridized carbons (Fsp3) is 0.400. The van der Waals surface area contributed by atoms with E-state index >= 15 is 0 Å². The predicted molar refractivity (Wildman–Crippen MR) is 121 cm³/mol. The second-order valence-electron chi connectivity index (χ2n) is 8.12. The second-order valence-corrected chi connectivity index (χ2v) is 8.12. The first-order valence-electron chi connectivity index (χ1n) is 11.2. The third kappa shape index (κ3) is 4.07. The van der Waals surface area contributed by atoms with E-state index < -0.39 is 0 Å². The van der Waals surface area contributed by atoms with Crippen molar-refractivity contribution in [3.05, 3.63) is 54.2 Å². The molecule has 1 saturated heterocycles. The third-order valence-corrected chi connectivity index (χ3v) is 6.23. The van der Waals surface area contributed by atoms with Gasteiger partial charge in [0.05, 0.1) is 13.2 Å². The number of carbonyl (C=O) groups excluding carboxylic acids is 1. The van der Waals surface area contributed by atoms with E-state index in [9.17, 15) is 4.79 Å². The van der Waals surface area contributed by atoms with E-state index in [1.807, 2.05) is 30.0 Å². The SMILES string of the molecule is CCOC(=O)N1CCC(c2cn(CCOc3ccc4c(c3)OCO4)c3ccccc23)CC1. The lowest BCUT2D eigenvalue weighted by molar-refractivity contribution is 0.0971. The molecule has 7 heteroatoms. The van der Waals surface area contributed by atoms with Gasteiger partial charge in [0.25, 0.3) is 0 Å². The summed E-state index contributed by atoms with van der Waals surface area (Å²) in [5, 5.41) is 1.28. The number of hydrogen-bond acceptors (Lipinski definition) is 5. The molecule has 1 aromatic heterocycles. The number of hydrogen-bond donors (Lipinski definition) is 0. The Kier molecular flexibility index (Phi) is 5.79. The molecule has 0 bridgehead atoms. The normalized spacial score (nSPS) is 15.8. The van der Waals surface area contributed by atoms with E-state index in [-0.39, 0.29) is 12.9 Å². The highest BCUT2D eigenvalue weighted by Gasteiger charge is 2.26. The van der Waals surface area contributed by atoms with Gasteiger partial charge in [-0.2, -0.15) is 0 Å². The molecule has 7 nitrogen and oxygen atoms in total. The quantitative estimate of drug-likeness (QED) is 0.556. The monoisotopic (exact) mass is 436 g/mol. The number of rotatable bonds is 6. The van der Waals surface area contributed by atoms with Crippen LogP contribution in [0.25, 0.3) is 10.9 Å². The highest BCUT2D eigenvalue weighted by Crippen LogP contribution is 2.36. The van der Waals surface area contributed by atoms with Gasteiger partial charge in [0.2, 0.25) is 6.79 Å². The van der Waals surface area contributed by atoms with Crippen LogP contribution in [0, 0.1) is 0 Å². The fourth-order valence-electron chi connectivity index (χ4n) is 4.60. The van der Waals surface area contributed by atoms with Gasteiger partial charge < -0.3 is 28.4 Å². The van der Waals surface area contributed by atoms with Gasteiger partial charge in [-0.25, -0.2) is 4.79 Å². The molecule has 0 spiro atoms. The summed E-state index contributed by atoms with van der Waals surface area (Å²) in [5.74, 6) is 2.69. The Morgan fingerprint density at radius 1 is 1.09 bits per heavy atom. The smallest absolute Gasteiger partial charge is 0.409 e. The van der Waals surface area contributed by atoms with E-state index in [0.717, 1.165) is 49.7 Å². The number of carbonyl (C=O) groups is 1. The minimum Gasteiger partial charge on any atom is -0.492 e. The molecule has 0 radical (unpaired) electrons. The van der Waals surface area contributed by atoms with Crippen LogP contribution in [0.5, 0.6) is 17.2 Å². The zero-order valence-corrected chi connectivity index (χ0v) is 18.3. The molecule has 0 atom stereocenters. The Labute approximate surface area is 187 Å². The Morgan fingerprint density at radius 2 is 1.91 bits per heavy atom. The molecule has 1 fully saturated rings. The minimum atomic E-state index is -0.200. The molecular formula is C25H28N2O5. The Hall–Kier alpha value is -3.35. The summed E-state index contributed by atoms with van der Waals surface area (Å²) in [5.41, 5.74) is 2.57. The lowest BCUT2D eigenvalue weighted by Gasteiger charge is -2.31. The van der Waals surface area contributed by atoms with Crippen LogP contribution in [0.2, 0.25) is 0 Å². The topological polar surface area (TPSA) is 62.2 Å². The average molecular weight is 437 g/mol. The van der Waals surface area contributed by atoms with E-state index in [1.165, 1.54) is 16.5 Å². The van der Waals surface area contributed by atoms with Crippen molar-refractivity contribution in [3.8, 4) is 17.2 Å². The molecule has 1 amide bonds. The summed E-state index contributed by atoms with van der Waals surface area (Å²) in [6.45, 7) is 5.29. The molecule has 0 unspecified atom stereocenters. The van der Waals surface area contributed by atoms with Crippen LogP contribution in [0.4, 0.5) is 4.79 Å². The predicted octanol–water partition coefficient (Wildman–Crippen LogP) is 4.78. The standard InChI is InChI=1S/C25H28N2O5/c1-2-29-25(28)26-11-9-18(10-12-26)21-16-27(22-6-4-3-5-20(21)22)13-14-30-19-7-8-23-24(15-19)32-17-31-23/h3-8,15-16,18H,2,9-14,17H2,1H3. The van der Waals surface area contributed by atoms with Gasteiger partial charge in [-0.1, -0.05) is 18.2 Å². The molecule has 168 valence electrons. The van der Waals surface area contributed by atoms with Gasteiger partial charge in [-0.05, 0) is 49.4 Å². The van der Waals surface area contributed by atoms with Crippen molar-refractivity contribution in [2.75, 3.05) is 33.1 Å². The number of amides is 1. The summed E-state index contributed by atoms with van der Waals surface area (Å²) in [6, 6.07) is 14.2. The number of piperidine rings is 1. The molecule has 3 aromatic rings. The fourth-order valence-corrected chi connectivity index (χ4v) is 4.60. The first kappa shape index (κ1) is 20.5. The van der Waals surface area contributed by atoms with Crippen LogP contribution in [-0.4, -0.2) is 48.7 Å². The molecule has 2 aliphatic rings. The highest BCUT2D eigenvalue weighted by atomic mass is 16.7. The number of ether oxygens (including phenoxy) is 4.